The molecule has 5 heteroatoms. The second kappa shape index (κ2) is 4.47. The number of ether oxygens (including phenoxy) is 1. The molecule has 0 aromatic heterocycles. The molecular formula is C13H25N3O2. The molecule has 0 saturated carbocycles. The van der Waals surface area contributed by atoms with Crippen LogP contribution in [0.25, 0.3) is 0 Å². The fourth-order valence-electron chi connectivity index (χ4n) is 3.41. The third-order valence-electron chi connectivity index (χ3n) is 4.04. The summed E-state index contributed by atoms with van der Waals surface area (Å²) >= 11 is 0. The number of primary amides is 1. The van der Waals surface area contributed by atoms with Crippen LogP contribution in [-0.4, -0.2) is 53.7 Å². The Kier molecular flexibility index (Phi) is 3.42. The van der Waals surface area contributed by atoms with Gasteiger partial charge in [0, 0.05) is 25.7 Å². The van der Waals surface area contributed by atoms with Crippen molar-refractivity contribution in [1.29, 1.82) is 0 Å². The molecule has 0 spiro atoms. The Morgan fingerprint density at radius 1 is 1.39 bits per heavy atom. The summed E-state index contributed by atoms with van der Waals surface area (Å²) in [5.74, 6) is -0.247. The maximum atomic E-state index is 11.6. The summed E-state index contributed by atoms with van der Waals surface area (Å²) in [7, 11) is 0. The summed E-state index contributed by atoms with van der Waals surface area (Å²) in [5.41, 5.74) is 5.14. The molecule has 0 aromatic carbocycles. The predicted octanol–water partition coefficient (Wildman–Crippen LogP) is 0.0916. The average Bonchev–Trinajstić information content (AvgIpc) is 2.46. The number of nitrogens with one attached hydrogen (secondary N) is 1. The van der Waals surface area contributed by atoms with Crippen molar-refractivity contribution < 1.29 is 9.53 Å². The van der Waals surface area contributed by atoms with Gasteiger partial charge in [-0.25, -0.2) is 0 Å². The monoisotopic (exact) mass is 255 g/mol. The Morgan fingerprint density at radius 2 is 2.06 bits per heavy atom. The van der Waals surface area contributed by atoms with Crippen LogP contribution < -0.4 is 11.1 Å². The molecule has 0 aliphatic carbocycles. The number of nitrogens with zero attached hydrogens (tertiary/aromatic N) is 1. The molecular weight excluding hydrogens is 230 g/mol. The van der Waals surface area contributed by atoms with Crippen LogP contribution in [0.3, 0.4) is 0 Å². The third-order valence-corrected chi connectivity index (χ3v) is 4.04. The van der Waals surface area contributed by atoms with E-state index in [-0.39, 0.29) is 29.2 Å². The SMILES string of the molecule is CC1(C)CC(N2CCNCC2C(N)=O)C(C)(C)O1. The number of carbonyl (C=O) groups excluding carboxylic acids is 1. The smallest absolute Gasteiger partial charge is 0.236 e. The molecule has 2 fully saturated rings. The van der Waals surface area contributed by atoms with Crippen molar-refractivity contribution in [2.24, 2.45) is 5.73 Å². The van der Waals surface area contributed by atoms with Gasteiger partial charge < -0.3 is 15.8 Å². The van der Waals surface area contributed by atoms with Crippen molar-refractivity contribution in [2.45, 2.75) is 57.4 Å². The number of amides is 1. The van der Waals surface area contributed by atoms with E-state index in [1.807, 2.05) is 0 Å². The second-order valence-corrected chi connectivity index (χ2v) is 6.55. The lowest BCUT2D eigenvalue weighted by Gasteiger charge is -2.42. The number of hydrogen-bond donors (Lipinski definition) is 2. The number of nitrogens with two attached hydrogens (primary N) is 1. The Balaban J connectivity index is 2.21. The summed E-state index contributed by atoms with van der Waals surface area (Å²) in [6, 6.07) is 0.0209. The van der Waals surface area contributed by atoms with Crippen molar-refractivity contribution in [3.05, 3.63) is 0 Å². The Labute approximate surface area is 109 Å². The zero-order valence-corrected chi connectivity index (χ0v) is 11.8. The van der Waals surface area contributed by atoms with E-state index in [0.717, 1.165) is 19.5 Å². The molecule has 2 atom stereocenters. The highest BCUT2D eigenvalue weighted by Crippen LogP contribution is 2.40. The lowest BCUT2D eigenvalue weighted by Crippen LogP contribution is -2.62. The highest BCUT2D eigenvalue weighted by molar-refractivity contribution is 5.80. The van der Waals surface area contributed by atoms with Gasteiger partial charge in [-0.15, -0.1) is 0 Å². The minimum absolute atomic E-state index is 0.138. The van der Waals surface area contributed by atoms with E-state index in [4.69, 9.17) is 10.5 Å². The lowest BCUT2D eigenvalue weighted by atomic mass is 9.91. The number of hydrogen-bond acceptors (Lipinski definition) is 4. The summed E-state index contributed by atoms with van der Waals surface area (Å²) in [6.07, 6.45) is 0.934. The molecule has 2 aliphatic rings. The first-order valence-electron chi connectivity index (χ1n) is 6.69. The molecule has 18 heavy (non-hydrogen) atoms. The normalized spacial score (nSPS) is 35.6. The first-order chi connectivity index (χ1) is 8.23. The molecule has 0 aromatic rings. The predicted molar refractivity (Wildman–Crippen MR) is 70.2 cm³/mol. The van der Waals surface area contributed by atoms with Crippen LogP contribution >= 0.6 is 0 Å². The summed E-state index contributed by atoms with van der Waals surface area (Å²) in [5, 5.41) is 3.23. The van der Waals surface area contributed by atoms with Crippen molar-refractivity contribution in [2.75, 3.05) is 19.6 Å². The topological polar surface area (TPSA) is 67.6 Å². The lowest BCUT2D eigenvalue weighted by molar-refractivity contribution is -0.127. The maximum Gasteiger partial charge on any atom is 0.236 e. The van der Waals surface area contributed by atoms with E-state index in [1.165, 1.54) is 0 Å². The van der Waals surface area contributed by atoms with Gasteiger partial charge in [0.05, 0.1) is 11.2 Å². The van der Waals surface area contributed by atoms with Crippen LogP contribution in [0.4, 0.5) is 0 Å². The average molecular weight is 255 g/mol. The Bertz CT molecular complexity index is 341. The molecule has 2 heterocycles. The maximum absolute atomic E-state index is 11.6. The van der Waals surface area contributed by atoms with Gasteiger partial charge in [-0.3, -0.25) is 9.69 Å². The summed E-state index contributed by atoms with van der Waals surface area (Å²) < 4.78 is 6.12. The van der Waals surface area contributed by atoms with Gasteiger partial charge in [-0.1, -0.05) is 0 Å². The quantitative estimate of drug-likeness (QED) is 0.734. The minimum atomic E-state index is -0.247. The summed E-state index contributed by atoms with van der Waals surface area (Å²) in [6.45, 7) is 10.8. The number of piperazine rings is 1. The van der Waals surface area contributed by atoms with E-state index < -0.39 is 0 Å². The van der Waals surface area contributed by atoms with Gasteiger partial charge in [0.15, 0.2) is 0 Å². The van der Waals surface area contributed by atoms with E-state index in [9.17, 15) is 4.79 Å². The van der Waals surface area contributed by atoms with Gasteiger partial charge in [-0.2, -0.15) is 0 Å². The fraction of sp³-hybridized carbons (Fsp3) is 0.923. The number of carbonyl (C=O) groups is 1. The molecule has 2 unspecified atom stereocenters. The molecule has 2 saturated heterocycles. The van der Waals surface area contributed by atoms with Gasteiger partial charge in [0.25, 0.3) is 0 Å². The van der Waals surface area contributed by atoms with Crippen LogP contribution in [0.5, 0.6) is 0 Å². The Hall–Kier alpha value is -0.650. The van der Waals surface area contributed by atoms with Crippen molar-refractivity contribution in [1.82, 2.24) is 10.2 Å². The first kappa shape index (κ1) is 13.8. The molecule has 104 valence electrons. The van der Waals surface area contributed by atoms with Crippen molar-refractivity contribution >= 4 is 5.91 Å². The fourth-order valence-corrected chi connectivity index (χ4v) is 3.41. The highest BCUT2D eigenvalue weighted by Gasteiger charge is 2.50. The van der Waals surface area contributed by atoms with Crippen LogP contribution in [0, 0.1) is 0 Å². The third kappa shape index (κ3) is 2.53. The largest absolute Gasteiger partial charge is 0.368 e. The molecule has 2 aliphatic heterocycles. The molecule has 1 amide bonds. The van der Waals surface area contributed by atoms with Gasteiger partial charge in [-0.05, 0) is 34.1 Å². The van der Waals surface area contributed by atoms with E-state index in [1.54, 1.807) is 0 Å². The van der Waals surface area contributed by atoms with Gasteiger partial charge in [0.2, 0.25) is 5.91 Å². The molecule has 0 radical (unpaired) electrons. The van der Waals surface area contributed by atoms with Crippen LogP contribution in [0.1, 0.15) is 34.1 Å². The number of rotatable bonds is 2. The molecule has 0 bridgehead atoms. The zero-order valence-electron chi connectivity index (χ0n) is 11.8. The second-order valence-electron chi connectivity index (χ2n) is 6.55. The van der Waals surface area contributed by atoms with Crippen molar-refractivity contribution in [3.63, 3.8) is 0 Å². The van der Waals surface area contributed by atoms with Crippen LogP contribution in [0.2, 0.25) is 0 Å². The van der Waals surface area contributed by atoms with E-state index in [2.05, 4.69) is 37.9 Å². The van der Waals surface area contributed by atoms with Gasteiger partial charge >= 0.3 is 0 Å². The molecule has 3 N–H and O–H groups in total. The zero-order chi connectivity index (χ0) is 13.6. The van der Waals surface area contributed by atoms with Crippen LogP contribution in [0.15, 0.2) is 0 Å². The van der Waals surface area contributed by atoms with E-state index in [0.29, 0.717) is 6.54 Å². The van der Waals surface area contributed by atoms with E-state index >= 15 is 0 Å². The highest BCUT2D eigenvalue weighted by atomic mass is 16.5. The Morgan fingerprint density at radius 3 is 2.56 bits per heavy atom. The van der Waals surface area contributed by atoms with Crippen LogP contribution in [-0.2, 0) is 9.53 Å². The molecule has 5 nitrogen and oxygen atoms in total. The van der Waals surface area contributed by atoms with Gasteiger partial charge in [0.1, 0.15) is 6.04 Å². The summed E-state index contributed by atoms with van der Waals surface area (Å²) in [4.78, 5) is 13.8. The standard InChI is InChI=1S/C13H25N3O2/c1-12(2)7-10(13(3,4)18-12)16-6-5-15-8-9(16)11(14)17/h9-10,15H,5-8H2,1-4H3,(H2,14,17). The van der Waals surface area contributed by atoms with Crippen molar-refractivity contribution in [3.8, 4) is 0 Å². The minimum Gasteiger partial charge on any atom is -0.368 e. The first-order valence-corrected chi connectivity index (χ1v) is 6.69. The molecule has 2 rings (SSSR count).